The average Bonchev–Trinajstić information content (AvgIpc) is 3.08. The molecule has 1 atom stereocenters. The number of hydrogen-bond donors (Lipinski definition) is 2. The molecule has 4 nitrogen and oxygen atoms in total. The minimum absolute atomic E-state index is 0.438. The highest BCUT2D eigenvalue weighted by Gasteiger charge is 2.20. The van der Waals surface area contributed by atoms with E-state index in [1.165, 1.54) is 5.69 Å². The van der Waals surface area contributed by atoms with Crippen LogP contribution in [0.4, 0.5) is 5.69 Å². The maximum atomic E-state index is 10.0. The summed E-state index contributed by atoms with van der Waals surface area (Å²) in [6, 6.07) is 12.0. The molecule has 1 saturated heterocycles. The van der Waals surface area contributed by atoms with E-state index in [-0.39, 0.29) is 0 Å². The van der Waals surface area contributed by atoms with Gasteiger partial charge in [0, 0.05) is 36.4 Å². The summed E-state index contributed by atoms with van der Waals surface area (Å²) in [4.78, 5) is 2.37. The molecular weight excluding hydrogens is 300 g/mol. The van der Waals surface area contributed by atoms with Crippen molar-refractivity contribution in [2.75, 3.05) is 24.5 Å². The molecule has 2 heterocycles. The molecule has 0 bridgehead atoms. The number of piperidine rings is 1. The minimum Gasteiger partial charge on any atom is -0.467 e. The van der Waals surface area contributed by atoms with Crippen LogP contribution in [0.5, 0.6) is 0 Å². The molecule has 118 valence electrons. The SMILES string of the molecule is OC(CNC1CCN(c2ccc(Cl)cc2)CC1)c1ccco1. The number of aliphatic hydroxyl groups excluding tert-OH is 1. The van der Waals surface area contributed by atoms with Gasteiger partial charge in [-0.2, -0.15) is 0 Å². The van der Waals surface area contributed by atoms with E-state index in [9.17, 15) is 5.11 Å². The lowest BCUT2D eigenvalue weighted by atomic mass is 10.0. The van der Waals surface area contributed by atoms with E-state index in [1.54, 1.807) is 18.4 Å². The molecule has 1 fully saturated rings. The Labute approximate surface area is 135 Å². The van der Waals surface area contributed by atoms with Gasteiger partial charge in [0.25, 0.3) is 0 Å². The van der Waals surface area contributed by atoms with Crippen molar-refractivity contribution in [3.05, 3.63) is 53.4 Å². The Bertz CT molecular complexity index is 563. The Morgan fingerprint density at radius 2 is 1.95 bits per heavy atom. The summed E-state index contributed by atoms with van der Waals surface area (Å²) in [7, 11) is 0. The highest BCUT2D eigenvalue weighted by Crippen LogP contribution is 2.22. The summed E-state index contributed by atoms with van der Waals surface area (Å²) in [6.07, 6.45) is 3.13. The lowest BCUT2D eigenvalue weighted by Crippen LogP contribution is -2.43. The molecule has 5 heteroatoms. The summed E-state index contributed by atoms with van der Waals surface area (Å²) in [5.74, 6) is 0.617. The minimum atomic E-state index is -0.579. The molecule has 0 saturated carbocycles. The third-order valence-corrected chi connectivity index (χ3v) is 4.41. The van der Waals surface area contributed by atoms with Gasteiger partial charge < -0.3 is 19.7 Å². The lowest BCUT2D eigenvalue weighted by molar-refractivity contribution is 0.141. The van der Waals surface area contributed by atoms with Gasteiger partial charge >= 0.3 is 0 Å². The zero-order chi connectivity index (χ0) is 15.4. The number of halogens is 1. The molecule has 0 aliphatic carbocycles. The second-order valence-corrected chi connectivity index (χ2v) is 6.11. The zero-order valence-electron chi connectivity index (χ0n) is 12.4. The van der Waals surface area contributed by atoms with Crippen molar-refractivity contribution in [1.29, 1.82) is 0 Å². The molecule has 2 aromatic rings. The molecule has 1 aliphatic heterocycles. The Hall–Kier alpha value is -1.49. The van der Waals surface area contributed by atoms with E-state index in [1.807, 2.05) is 12.1 Å². The molecule has 1 aliphatic rings. The third kappa shape index (κ3) is 3.83. The lowest BCUT2D eigenvalue weighted by Gasteiger charge is -2.34. The number of hydrogen-bond acceptors (Lipinski definition) is 4. The van der Waals surface area contributed by atoms with Gasteiger partial charge in [0.1, 0.15) is 11.9 Å². The molecule has 3 rings (SSSR count). The quantitative estimate of drug-likeness (QED) is 0.888. The zero-order valence-corrected chi connectivity index (χ0v) is 13.2. The molecular formula is C17H21ClN2O2. The maximum Gasteiger partial charge on any atom is 0.133 e. The fourth-order valence-electron chi connectivity index (χ4n) is 2.85. The van der Waals surface area contributed by atoms with Crippen LogP contribution in [0.15, 0.2) is 47.1 Å². The van der Waals surface area contributed by atoms with Crippen molar-refractivity contribution in [3.8, 4) is 0 Å². The Kier molecular flexibility index (Phi) is 5.03. The van der Waals surface area contributed by atoms with Crippen molar-refractivity contribution in [2.45, 2.75) is 25.0 Å². The number of anilines is 1. The topological polar surface area (TPSA) is 48.6 Å². The smallest absolute Gasteiger partial charge is 0.133 e. The van der Waals surface area contributed by atoms with Gasteiger partial charge in [0.05, 0.1) is 6.26 Å². The summed E-state index contributed by atoms with van der Waals surface area (Å²) in [5.41, 5.74) is 1.22. The Balaban J connectivity index is 1.44. The molecule has 1 aromatic carbocycles. The first-order chi connectivity index (χ1) is 10.7. The van der Waals surface area contributed by atoms with Crippen molar-refractivity contribution in [3.63, 3.8) is 0 Å². The van der Waals surface area contributed by atoms with Crippen LogP contribution in [0.1, 0.15) is 24.7 Å². The number of benzene rings is 1. The van der Waals surface area contributed by atoms with Gasteiger partial charge in [-0.05, 0) is 49.2 Å². The van der Waals surface area contributed by atoms with Crippen LogP contribution in [-0.2, 0) is 0 Å². The van der Waals surface area contributed by atoms with Gasteiger partial charge in [-0.3, -0.25) is 0 Å². The van der Waals surface area contributed by atoms with E-state index in [0.29, 0.717) is 18.3 Å². The normalized spacial score (nSPS) is 17.6. The predicted molar refractivity (Wildman–Crippen MR) is 88.4 cm³/mol. The molecule has 1 aromatic heterocycles. The van der Waals surface area contributed by atoms with E-state index in [0.717, 1.165) is 31.0 Å². The van der Waals surface area contributed by atoms with Crippen LogP contribution in [0, 0.1) is 0 Å². The molecule has 0 radical (unpaired) electrons. The largest absolute Gasteiger partial charge is 0.467 e. The standard InChI is InChI=1S/C17H21ClN2O2/c18-13-3-5-15(6-4-13)20-9-7-14(8-10-20)19-12-16(21)17-2-1-11-22-17/h1-6,11,14,16,19,21H,7-10,12H2. The first-order valence-electron chi connectivity index (χ1n) is 7.68. The highest BCUT2D eigenvalue weighted by atomic mass is 35.5. The fourth-order valence-corrected chi connectivity index (χ4v) is 2.98. The second kappa shape index (κ2) is 7.18. The first kappa shape index (κ1) is 15.4. The molecule has 0 spiro atoms. The van der Waals surface area contributed by atoms with E-state index in [4.69, 9.17) is 16.0 Å². The predicted octanol–water partition coefficient (Wildman–Crippen LogP) is 3.23. The van der Waals surface area contributed by atoms with Crippen molar-refractivity contribution < 1.29 is 9.52 Å². The van der Waals surface area contributed by atoms with Gasteiger partial charge in [0.2, 0.25) is 0 Å². The maximum absolute atomic E-state index is 10.0. The van der Waals surface area contributed by atoms with E-state index >= 15 is 0 Å². The molecule has 1 unspecified atom stereocenters. The Morgan fingerprint density at radius 3 is 2.59 bits per heavy atom. The van der Waals surface area contributed by atoms with Crippen LogP contribution in [0.25, 0.3) is 0 Å². The van der Waals surface area contributed by atoms with Gasteiger partial charge in [-0.15, -0.1) is 0 Å². The van der Waals surface area contributed by atoms with Crippen molar-refractivity contribution >= 4 is 17.3 Å². The number of furan rings is 1. The summed E-state index contributed by atoms with van der Waals surface area (Å²) in [5, 5.41) is 14.2. The van der Waals surface area contributed by atoms with Crippen LogP contribution < -0.4 is 10.2 Å². The number of nitrogens with one attached hydrogen (secondary N) is 1. The third-order valence-electron chi connectivity index (χ3n) is 4.16. The van der Waals surface area contributed by atoms with Crippen LogP contribution in [0.3, 0.4) is 0 Å². The average molecular weight is 321 g/mol. The van der Waals surface area contributed by atoms with Gasteiger partial charge in [0.15, 0.2) is 0 Å². The van der Waals surface area contributed by atoms with E-state index in [2.05, 4.69) is 22.3 Å². The number of rotatable bonds is 5. The molecule has 2 N–H and O–H groups in total. The number of nitrogens with zero attached hydrogens (tertiary/aromatic N) is 1. The summed E-state index contributed by atoms with van der Waals surface area (Å²) < 4.78 is 5.21. The first-order valence-corrected chi connectivity index (χ1v) is 8.05. The summed E-state index contributed by atoms with van der Waals surface area (Å²) >= 11 is 5.93. The number of aliphatic hydroxyl groups is 1. The fraction of sp³-hybridized carbons (Fsp3) is 0.412. The van der Waals surface area contributed by atoms with Crippen molar-refractivity contribution in [2.24, 2.45) is 0 Å². The molecule has 0 amide bonds. The van der Waals surface area contributed by atoms with Crippen molar-refractivity contribution in [1.82, 2.24) is 5.32 Å². The van der Waals surface area contributed by atoms with Gasteiger partial charge in [-0.25, -0.2) is 0 Å². The van der Waals surface area contributed by atoms with E-state index < -0.39 is 6.10 Å². The van der Waals surface area contributed by atoms with Crippen LogP contribution in [-0.4, -0.2) is 30.8 Å². The summed E-state index contributed by atoms with van der Waals surface area (Å²) in [6.45, 7) is 2.55. The second-order valence-electron chi connectivity index (χ2n) is 5.68. The highest BCUT2D eigenvalue weighted by molar-refractivity contribution is 6.30. The molecule has 22 heavy (non-hydrogen) atoms. The van der Waals surface area contributed by atoms with Gasteiger partial charge in [-0.1, -0.05) is 11.6 Å². The monoisotopic (exact) mass is 320 g/mol. The Morgan fingerprint density at radius 1 is 1.23 bits per heavy atom. The van der Waals surface area contributed by atoms with Crippen LogP contribution in [0.2, 0.25) is 5.02 Å². The van der Waals surface area contributed by atoms with Crippen LogP contribution >= 0.6 is 11.6 Å².